The largest absolute Gasteiger partial charge is 0.353 e. The van der Waals surface area contributed by atoms with Gasteiger partial charge in [-0.15, -0.1) is 0 Å². The van der Waals surface area contributed by atoms with E-state index in [1.54, 1.807) is 6.20 Å². The first-order valence-electron chi connectivity index (χ1n) is 5.08. The van der Waals surface area contributed by atoms with Gasteiger partial charge in [0.15, 0.2) is 0 Å². The van der Waals surface area contributed by atoms with Crippen LogP contribution < -0.4 is 5.32 Å². The molecule has 0 aliphatic rings. The summed E-state index contributed by atoms with van der Waals surface area (Å²) >= 11 is 4.86. The van der Waals surface area contributed by atoms with Gasteiger partial charge in [0.25, 0.3) is 0 Å². The molecule has 0 spiro atoms. The van der Waals surface area contributed by atoms with Crippen LogP contribution >= 0.6 is 27.7 Å². The van der Waals surface area contributed by atoms with Gasteiger partial charge in [-0.1, -0.05) is 11.8 Å². The van der Waals surface area contributed by atoms with Crippen LogP contribution in [0.15, 0.2) is 27.8 Å². The SMILES string of the molecule is CC(C)NC(=O)[C@@H](C)Sc1ncccc1Br. The van der Waals surface area contributed by atoms with Crippen LogP contribution in [0.5, 0.6) is 0 Å². The number of hydrogen-bond acceptors (Lipinski definition) is 3. The van der Waals surface area contributed by atoms with E-state index >= 15 is 0 Å². The molecule has 0 saturated carbocycles. The van der Waals surface area contributed by atoms with Gasteiger partial charge in [-0.3, -0.25) is 4.79 Å². The number of nitrogens with one attached hydrogen (secondary N) is 1. The maximum Gasteiger partial charge on any atom is 0.233 e. The molecule has 0 aliphatic carbocycles. The summed E-state index contributed by atoms with van der Waals surface area (Å²) in [5.41, 5.74) is 0. The van der Waals surface area contributed by atoms with Crippen molar-refractivity contribution >= 4 is 33.6 Å². The van der Waals surface area contributed by atoms with Gasteiger partial charge in [0.05, 0.1) is 5.25 Å². The highest BCUT2D eigenvalue weighted by Gasteiger charge is 2.16. The number of thioether (sulfide) groups is 1. The van der Waals surface area contributed by atoms with Crippen molar-refractivity contribution < 1.29 is 4.79 Å². The van der Waals surface area contributed by atoms with E-state index in [-0.39, 0.29) is 17.2 Å². The molecule has 1 aromatic heterocycles. The van der Waals surface area contributed by atoms with Crippen molar-refractivity contribution in [1.29, 1.82) is 0 Å². The summed E-state index contributed by atoms with van der Waals surface area (Å²) in [5.74, 6) is 0.0394. The van der Waals surface area contributed by atoms with E-state index in [4.69, 9.17) is 0 Å². The van der Waals surface area contributed by atoms with Crippen LogP contribution in [0.3, 0.4) is 0 Å². The fourth-order valence-electron chi connectivity index (χ4n) is 1.08. The second-order valence-electron chi connectivity index (χ2n) is 3.71. The summed E-state index contributed by atoms with van der Waals surface area (Å²) in [6.45, 7) is 5.78. The van der Waals surface area contributed by atoms with Gasteiger partial charge in [0.1, 0.15) is 5.03 Å². The van der Waals surface area contributed by atoms with Crippen LogP contribution in [0.1, 0.15) is 20.8 Å². The lowest BCUT2D eigenvalue weighted by atomic mass is 10.3. The monoisotopic (exact) mass is 302 g/mol. The molecule has 16 heavy (non-hydrogen) atoms. The van der Waals surface area contributed by atoms with E-state index in [0.29, 0.717) is 0 Å². The summed E-state index contributed by atoms with van der Waals surface area (Å²) < 4.78 is 0.921. The molecule has 1 heterocycles. The topological polar surface area (TPSA) is 42.0 Å². The van der Waals surface area contributed by atoms with Crippen LogP contribution in [0.2, 0.25) is 0 Å². The Kier molecular flexibility index (Phi) is 5.28. The van der Waals surface area contributed by atoms with Gasteiger partial charge in [-0.25, -0.2) is 4.98 Å². The molecule has 0 bridgehead atoms. The zero-order valence-electron chi connectivity index (χ0n) is 9.53. The number of rotatable bonds is 4. The molecule has 0 radical (unpaired) electrons. The van der Waals surface area contributed by atoms with Crippen molar-refractivity contribution in [3.05, 3.63) is 22.8 Å². The maximum atomic E-state index is 11.7. The Bertz CT molecular complexity index is 371. The summed E-state index contributed by atoms with van der Waals surface area (Å²) in [5, 5.41) is 3.58. The molecule has 0 aliphatic heterocycles. The second-order valence-corrected chi connectivity index (χ2v) is 5.90. The Morgan fingerprint density at radius 2 is 2.19 bits per heavy atom. The van der Waals surface area contributed by atoms with E-state index in [1.807, 2.05) is 32.9 Å². The van der Waals surface area contributed by atoms with Crippen LogP contribution in [0, 0.1) is 0 Å². The Balaban J connectivity index is 2.61. The number of halogens is 1. The lowest BCUT2D eigenvalue weighted by Gasteiger charge is -2.14. The van der Waals surface area contributed by atoms with Gasteiger partial charge in [-0.2, -0.15) is 0 Å². The summed E-state index contributed by atoms with van der Waals surface area (Å²) in [7, 11) is 0. The minimum absolute atomic E-state index is 0.0394. The van der Waals surface area contributed by atoms with Crippen molar-refractivity contribution in [2.75, 3.05) is 0 Å². The lowest BCUT2D eigenvalue weighted by molar-refractivity contribution is -0.120. The van der Waals surface area contributed by atoms with Crippen molar-refractivity contribution in [1.82, 2.24) is 10.3 Å². The molecule has 1 atom stereocenters. The molecule has 0 unspecified atom stereocenters. The molecule has 1 amide bonds. The molecule has 5 heteroatoms. The van der Waals surface area contributed by atoms with Gasteiger partial charge >= 0.3 is 0 Å². The number of carbonyl (C=O) groups is 1. The number of carbonyl (C=O) groups excluding carboxylic acids is 1. The molecule has 1 N–H and O–H groups in total. The predicted molar refractivity (Wildman–Crippen MR) is 70.5 cm³/mol. The first kappa shape index (κ1) is 13.5. The molecule has 0 aromatic carbocycles. The minimum atomic E-state index is -0.145. The second kappa shape index (κ2) is 6.25. The van der Waals surface area contributed by atoms with Crippen LogP contribution in [-0.2, 0) is 4.79 Å². The fourth-order valence-corrected chi connectivity index (χ4v) is 2.43. The van der Waals surface area contributed by atoms with Gasteiger partial charge in [0, 0.05) is 16.7 Å². The fraction of sp³-hybridized carbons (Fsp3) is 0.455. The van der Waals surface area contributed by atoms with Gasteiger partial charge in [0.2, 0.25) is 5.91 Å². The average molecular weight is 303 g/mol. The van der Waals surface area contributed by atoms with Crippen molar-refractivity contribution in [3.8, 4) is 0 Å². The number of pyridine rings is 1. The minimum Gasteiger partial charge on any atom is -0.353 e. The van der Waals surface area contributed by atoms with E-state index < -0.39 is 0 Å². The molecule has 88 valence electrons. The zero-order chi connectivity index (χ0) is 12.1. The van der Waals surface area contributed by atoms with Crippen molar-refractivity contribution in [3.63, 3.8) is 0 Å². The van der Waals surface area contributed by atoms with E-state index in [0.717, 1.165) is 9.50 Å². The van der Waals surface area contributed by atoms with Crippen molar-refractivity contribution in [2.45, 2.75) is 37.1 Å². The third-order valence-electron chi connectivity index (χ3n) is 1.81. The predicted octanol–water partition coefficient (Wildman–Crippen LogP) is 2.85. The standard InChI is InChI=1S/C11H15BrN2OS/c1-7(2)14-10(15)8(3)16-11-9(12)5-4-6-13-11/h4-8H,1-3H3,(H,14,15)/t8-/m1/s1. The number of aromatic nitrogens is 1. The lowest BCUT2D eigenvalue weighted by Crippen LogP contribution is -2.35. The van der Waals surface area contributed by atoms with Gasteiger partial charge < -0.3 is 5.32 Å². The van der Waals surface area contributed by atoms with Gasteiger partial charge in [-0.05, 0) is 48.8 Å². The highest BCUT2D eigenvalue weighted by atomic mass is 79.9. The average Bonchev–Trinajstić information content (AvgIpc) is 2.20. The van der Waals surface area contributed by atoms with Crippen LogP contribution in [0.25, 0.3) is 0 Å². The number of hydrogen-bond donors (Lipinski definition) is 1. The van der Waals surface area contributed by atoms with E-state index in [1.165, 1.54) is 11.8 Å². The van der Waals surface area contributed by atoms with Crippen molar-refractivity contribution in [2.24, 2.45) is 0 Å². The summed E-state index contributed by atoms with van der Waals surface area (Å²) in [6.07, 6.45) is 1.72. The first-order valence-corrected chi connectivity index (χ1v) is 6.75. The number of nitrogens with zero attached hydrogens (tertiary/aromatic N) is 1. The molecule has 0 saturated heterocycles. The van der Waals surface area contributed by atoms with Crippen LogP contribution in [-0.4, -0.2) is 22.2 Å². The Morgan fingerprint density at radius 1 is 1.50 bits per heavy atom. The first-order chi connectivity index (χ1) is 7.50. The highest BCUT2D eigenvalue weighted by Crippen LogP contribution is 2.28. The summed E-state index contributed by atoms with van der Waals surface area (Å²) in [6, 6.07) is 3.94. The highest BCUT2D eigenvalue weighted by molar-refractivity contribution is 9.10. The molecule has 1 aromatic rings. The third-order valence-corrected chi connectivity index (χ3v) is 3.83. The molecule has 3 nitrogen and oxygen atoms in total. The normalized spacial score (nSPS) is 12.6. The van der Waals surface area contributed by atoms with Crippen LogP contribution in [0.4, 0.5) is 0 Å². The summed E-state index contributed by atoms with van der Waals surface area (Å²) in [4.78, 5) is 15.9. The smallest absolute Gasteiger partial charge is 0.233 e. The molecule has 0 fully saturated rings. The Labute approximate surface area is 109 Å². The number of amides is 1. The van der Waals surface area contributed by atoms with E-state index in [9.17, 15) is 4.79 Å². The quantitative estimate of drug-likeness (QED) is 0.870. The third kappa shape index (κ3) is 4.14. The molecule has 1 rings (SSSR count). The molecular weight excluding hydrogens is 288 g/mol. The Hall–Kier alpha value is -0.550. The Morgan fingerprint density at radius 3 is 2.75 bits per heavy atom. The molecular formula is C11H15BrN2OS. The maximum absolute atomic E-state index is 11.7. The van der Waals surface area contributed by atoms with E-state index in [2.05, 4.69) is 26.2 Å². The zero-order valence-corrected chi connectivity index (χ0v) is 11.9.